The van der Waals surface area contributed by atoms with E-state index < -0.39 is 0 Å². The van der Waals surface area contributed by atoms with Crippen LogP contribution in [0.2, 0.25) is 0 Å². The highest BCUT2D eigenvalue weighted by Gasteiger charge is 2.53. The van der Waals surface area contributed by atoms with E-state index in [9.17, 15) is 5.11 Å². The van der Waals surface area contributed by atoms with Crippen LogP contribution in [0.4, 0.5) is 0 Å². The highest BCUT2D eigenvalue weighted by atomic mass is 16.3. The summed E-state index contributed by atoms with van der Waals surface area (Å²) >= 11 is 0. The maximum Gasteiger partial charge on any atom is 0.0577 e. The van der Waals surface area contributed by atoms with Crippen LogP contribution in [-0.2, 0) is 0 Å². The van der Waals surface area contributed by atoms with Crippen LogP contribution in [0.5, 0.6) is 0 Å². The second-order valence-corrected chi connectivity index (χ2v) is 14.3. The van der Waals surface area contributed by atoms with Crippen molar-refractivity contribution in [3.8, 4) is 0 Å². The summed E-state index contributed by atoms with van der Waals surface area (Å²) in [6.45, 7) is 21.6. The smallest absolute Gasteiger partial charge is 0.0577 e. The van der Waals surface area contributed by atoms with Gasteiger partial charge in [-0.25, -0.2) is 0 Å². The van der Waals surface area contributed by atoms with E-state index in [1.165, 1.54) is 69.8 Å². The van der Waals surface area contributed by atoms with E-state index in [-0.39, 0.29) is 16.9 Å². The van der Waals surface area contributed by atoms with E-state index in [4.69, 9.17) is 0 Å². The Kier molecular flexibility index (Phi) is 7.89. The quantitative estimate of drug-likeness (QED) is 0.343. The van der Waals surface area contributed by atoms with Gasteiger partial charge < -0.3 is 5.11 Å². The Bertz CT molecular complexity index is 847. The summed E-state index contributed by atoms with van der Waals surface area (Å²) in [4.78, 5) is 0. The van der Waals surface area contributed by atoms with Gasteiger partial charge in [-0.15, -0.1) is 0 Å². The first-order chi connectivity index (χ1) is 16.4. The fourth-order valence-electron chi connectivity index (χ4n) is 8.95. The molecule has 0 saturated heterocycles. The summed E-state index contributed by atoms with van der Waals surface area (Å²) < 4.78 is 0. The third-order valence-electron chi connectivity index (χ3n) is 12.2. The van der Waals surface area contributed by atoms with Gasteiger partial charge in [0, 0.05) is 5.41 Å². The van der Waals surface area contributed by atoms with Crippen LogP contribution in [0, 0.1) is 45.8 Å². The molecule has 3 fully saturated rings. The normalized spacial score (nSPS) is 42.7. The molecule has 4 aliphatic carbocycles. The summed E-state index contributed by atoms with van der Waals surface area (Å²) in [6.07, 6.45) is 19.9. The standard InChI is InChI=1S/C34H56O/c1-9-27(23(2)3)12-10-24(4)31-13-11-25(5)32(31,7)17-14-28-15-19-34(21-26(34)6)22-29-20-30(35)16-18-33(28,29)8/h9,22-25,28,30-31,35H,6,10-21H2,1-5,7-8H3/b27-9-. The fourth-order valence-corrected chi connectivity index (χ4v) is 8.95. The van der Waals surface area contributed by atoms with Gasteiger partial charge >= 0.3 is 0 Å². The monoisotopic (exact) mass is 480 g/mol. The highest BCUT2D eigenvalue weighted by Crippen LogP contribution is 2.64. The third kappa shape index (κ3) is 5.15. The van der Waals surface area contributed by atoms with Gasteiger partial charge in [0.2, 0.25) is 0 Å². The Hall–Kier alpha value is -0.820. The summed E-state index contributed by atoms with van der Waals surface area (Å²) in [5, 5.41) is 10.5. The van der Waals surface area contributed by atoms with Crippen LogP contribution in [0.3, 0.4) is 0 Å². The predicted molar refractivity (Wildman–Crippen MR) is 151 cm³/mol. The first-order valence-electron chi connectivity index (χ1n) is 15.2. The predicted octanol–water partition coefficient (Wildman–Crippen LogP) is 9.67. The van der Waals surface area contributed by atoms with Gasteiger partial charge in [-0.1, -0.05) is 77.0 Å². The molecule has 0 aliphatic heterocycles. The van der Waals surface area contributed by atoms with E-state index in [1.807, 2.05) is 0 Å². The average molecular weight is 481 g/mol. The molecule has 35 heavy (non-hydrogen) atoms. The second kappa shape index (κ2) is 10.2. The maximum atomic E-state index is 10.5. The van der Waals surface area contributed by atoms with Crippen molar-refractivity contribution in [2.75, 3.05) is 0 Å². The third-order valence-corrected chi connectivity index (χ3v) is 12.2. The minimum atomic E-state index is -0.136. The van der Waals surface area contributed by atoms with Crippen LogP contribution in [0.1, 0.15) is 126 Å². The Labute approximate surface area is 217 Å². The second-order valence-electron chi connectivity index (χ2n) is 14.3. The van der Waals surface area contributed by atoms with Crippen molar-refractivity contribution in [1.82, 2.24) is 0 Å². The van der Waals surface area contributed by atoms with Crippen LogP contribution in [0.15, 0.2) is 35.5 Å². The van der Waals surface area contributed by atoms with Crippen molar-refractivity contribution >= 4 is 0 Å². The molecule has 0 amide bonds. The van der Waals surface area contributed by atoms with Gasteiger partial charge in [0.1, 0.15) is 0 Å². The lowest BCUT2D eigenvalue weighted by molar-refractivity contribution is 0.0549. The van der Waals surface area contributed by atoms with Gasteiger partial charge in [0.25, 0.3) is 0 Å². The van der Waals surface area contributed by atoms with Crippen LogP contribution >= 0.6 is 0 Å². The van der Waals surface area contributed by atoms with Crippen molar-refractivity contribution in [3.05, 3.63) is 35.5 Å². The molecule has 0 heterocycles. The van der Waals surface area contributed by atoms with Crippen LogP contribution in [-0.4, -0.2) is 11.2 Å². The molecule has 0 aromatic rings. The van der Waals surface area contributed by atoms with Gasteiger partial charge in [0.05, 0.1) is 6.10 Å². The molecule has 0 radical (unpaired) electrons. The van der Waals surface area contributed by atoms with Crippen molar-refractivity contribution in [2.45, 2.75) is 132 Å². The number of hydrogen-bond acceptors (Lipinski definition) is 1. The average Bonchev–Trinajstić information content (AvgIpc) is 3.36. The first-order valence-corrected chi connectivity index (χ1v) is 15.2. The van der Waals surface area contributed by atoms with E-state index in [0.717, 1.165) is 36.5 Å². The van der Waals surface area contributed by atoms with E-state index >= 15 is 0 Å². The molecule has 0 bridgehead atoms. The zero-order valence-electron chi connectivity index (χ0n) is 24.3. The summed E-state index contributed by atoms with van der Waals surface area (Å²) in [6, 6.07) is 0. The molecule has 8 atom stereocenters. The van der Waals surface area contributed by atoms with E-state index in [1.54, 1.807) is 11.1 Å². The Morgan fingerprint density at radius 2 is 1.86 bits per heavy atom. The summed E-state index contributed by atoms with van der Waals surface area (Å²) in [7, 11) is 0. The van der Waals surface area contributed by atoms with E-state index in [2.05, 4.69) is 67.2 Å². The van der Waals surface area contributed by atoms with Crippen molar-refractivity contribution in [1.29, 1.82) is 0 Å². The Morgan fingerprint density at radius 3 is 2.49 bits per heavy atom. The lowest BCUT2D eigenvalue weighted by atomic mass is 9.59. The van der Waals surface area contributed by atoms with Crippen molar-refractivity contribution in [2.24, 2.45) is 45.8 Å². The molecule has 0 aromatic heterocycles. The van der Waals surface area contributed by atoms with Crippen molar-refractivity contribution < 1.29 is 5.11 Å². The molecule has 4 aliphatic rings. The minimum Gasteiger partial charge on any atom is -0.393 e. The molecule has 1 nitrogen and oxygen atoms in total. The molecular weight excluding hydrogens is 424 g/mol. The number of hydrogen-bond donors (Lipinski definition) is 1. The number of aliphatic hydroxyl groups excluding tert-OH is 1. The molecule has 1 spiro atoms. The molecule has 1 heteroatoms. The zero-order chi connectivity index (χ0) is 25.6. The number of aliphatic hydroxyl groups is 1. The molecule has 0 aromatic carbocycles. The number of rotatable bonds is 8. The summed E-state index contributed by atoms with van der Waals surface area (Å²) in [5.74, 6) is 3.93. The minimum absolute atomic E-state index is 0.136. The molecular formula is C34H56O. The Balaban J connectivity index is 1.47. The van der Waals surface area contributed by atoms with Gasteiger partial charge in [-0.2, -0.15) is 0 Å². The van der Waals surface area contributed by atoms with Crippen LogP contribution in [0.25, 0.3) is 0 Å². The van der Waals surface area contributed by atoms with Gasteiger partial charge in [-0.05, 0) is 124 Å². The maximum absolute atomic E-state index is 10.5. The molecule has 198 valence electrons. The molecule has 1 N–H and O–H groups in total. The lowest BCUT2D eigenvalue weighted by Gasteiger charge is -2.46. The van der Waals surface area contributed by atoms with E-state index in [0.29, 0.717) is 11.3 Å². The number of fused-ring (bicyclic) bond motifs is 1. The topological polar surface area (TPSA) is 20.2 Å². The molecule has 3 saturated carbocycles. The zero-order valence-corrected chi connectivity index (χ0v) is 24.3. The summed E-state index contributed by atoms with van der Waals surface area (Å²) in [5.41, 5.74) is 5.70. The van der Waals surface area contributed by atoms with Gasteiger partial charge in [0.15, 0.2) is 0 Å². The number of allylic oxidation sites excluding steroid dienone is 4. The lowest BCUT2D eigenvalue weighted by Crippen LogP contribution is -2.38. The van der Waals surface area contributed by atoms with Crippen LogP contribution < -0.4 is 0 Å². The van der Waals surface area contributed by atoms with Crippen molar-refractivity contribution in [3.63, 3.8) is 0 Å². The van der Waals surface area contributed by atoms with Gasteiger partial charge in [-0.3, -0.25) is 0 Å². The Morgan fingerprint density at radius 1 is 1.14 bits per heavy atom. The highest BCUT2D eigenvalue weighted by molar-refractivity contribution is 5.41. The fraction of sp³-hybridized carbons (Fsp3) is 0.824. The molecule has 8 unspecified atom stereocenters. The molecule has 4 rings (SSSR count). The first kappa shape index (κ1) is 27.2. The SMILES string of the molecule is C=C1CC12C=C1CC(O)CCC1(C)C(CCC1(C)C(C)CCC1C(C)CC/C(=C/C)C(C)C)CC2. The largest absolute Gasteiger partial charge is 0.393 e.